The van der Waals surface area contributed by atoms with Gasteiger partial charge in [-0.05, 0) is 30.7 Å². The largest absolute Gasteiger partial charge is 0.334 e. The molecule has 1 aromatic carbocycles. The first-order chi connectivity index (χ1) is 10.2. The Bertz CT molecular complexity index is 668. The maximum atomic E-state index is 12.5. The molecule has 0 bridgehead atoms. The van der Waals surface area contributed by atoms with Crippen LogP contribution in [-0.2, 0) is 13.0 Å². The van der Waals surface area contributed by atoms with Crippen molar-refractivity contribution in [1.82, 2.24) is 15.1 Å². The lowest BCUT2D eigenvalue weighted by Gasteiger charge is -2.28. The first-order valence-electron chi connectivity index (χ1n) is 6.85. The number of rotatable bonds is 2. The zero-order valence-corrected chi connectivity index (χ0v) is 11.8. The van der Waals surface area contributed by atoms with Crippen LogP contribution >= 0.6 is 0 Å². The van der Waals surface area contributed by atoms with E-state index >= 15 is 0 Å². The number of hydrogen-bond acceptors (Lipinski definition) is 5. The fourth-order valence-corrected chi connectivity index (χ4v) is 2.45. The second-order valence-electron chi connectivity index (χ2n) is 5.19. The number of nitrogens with two attached hydrogens (primary N) is 1. The number of aryl methyl sites for hydroxylation is 1. The Balaban J connectivity index is 1.81. The summed E-state index contributed by atoms with van der Waals surface area (Å²) in [5, 5.41) is 8.10. The van der Waals surface area contributed by atoms with Crippen molar-refractivity contribution in [1.29, 1.82) is 0 Å². The van der Waals surface area contributed by atoms with E-state index in [1.165, 1.54) is 0 Å². The zero-order valence-electron chi connectivity index (χ0n) is 11.8. The number of benzene rings is 1. The van der Waals surface area contributed by atoms with Crippen LogP contribution in [0.15, 0.2) is 30.3 Å². The van der Waals surface area contributed by atoms with Gasteiger partial charge in [0.1, 0.15) is 0 Å². The molecule has 0 spiro atoms. The fraction of sp³-hybridized carbons (Fsp3) is 0.267. The SMILES string of the molecule is Cc1ccc(C(=O)N2CCc3nnc(NN)cc3C2)cc1. The molecule has 1 aliphatic heterocycles. The minimum Gasteiger partial charge on any atom is -0.334 e. The number of hydrazine groups is 1. The van der Waals surface area contributed by atoms with Gasteiger partial charge < -0.3 is 10.3 Å². The molecule has 0 atom stereocenters. The average Bonchev–Trinajstić information content (AvgIpc) is 2.53. The number of nitrogens with one attached hydrogen (secondary N) is 1. The second-order valence-corrected chi connectivity index (χ2v) is 5.19. The fourth-order valence-electron chi connectivity index (χ4n) is 2.45. The third-order valence-corrected chi connectivity index (χ3v) is 3.67. The van der Waals surface area contributed by atoms with Gasteiger partial charge in [-0.2, -0.15) is 5.10 Å². The van der Waals surface area contributed by atoms with Gasteiger partial charge in [-0.15, -0.1) is 5.10 Å². The standard InChI is InChI=1S/C15H17N5O/c1-10-2-4-11(5-3-10)15(21)20-7-6-13-12(9-20)8-14(17-16)19-18-13/h2-5,8H,6-7,9,16H2,1H3,(H,17,19). The lowest BCUT2D eigenvalue weighted by molar-refractivity contribution is 0.0733. The van der Waals surface area contributed by atoms with E-state index in [0.29, 0.717) is 30.9 Å². The number of carbonyl (C=O) groups excluding carboxylic acids is 1. The van der Waals surface area contributed by atoms with E-state index in [1.54, 1.807) is 0 Å². The van der Waals surface area contributed by atoms with E-state index in [9.17, 15) is 4.79 Å². The molecule has 2 heterocycles. The number of amides is 1. The summed E-state index contributed by atoms with van der Waals surface area (Å²) in [6.45, 7) is 3.20. The molecule has 2 aromatic rings. The highest BCUT2D eigenvalue weighted by Crippen LogP contribution is 2.20. The van der Waals surface area contributed by atoms with Crippen molar-refractivity contribution >= 4 is 11.7 Å². The van der Waals surface area contributed by atoms with Crippen molar-refractivity contribution in [3.63, 3.8) is 0 Å². The lowest BCUT2D eigenvalue weighted by Crippen LogP contribution is -2.36. The van der Waals surface area contributed by atoms with E-state index < -0.39 is 0 Å². The molecule has 0 saturated heterocycles. The minimum absolute atomic E-state index is 0.0414. The number of hydrogen-bond donors (Lipinski definition) is 2. The Morgan fingerprint density at radius 1 is 1.29 bits per heavy atom. The van der Waals surface area contributed by atoms with E-state index in [4.69, 9.17) is 5.84 Å². The van der Waals surface area contributed by atoms with Crippen LogP contribution < -0.4 is 11.3 Å². The van der Waals surface area contributed by atoms with E-state index in [2.05, 4.69) is 15.6 Å². The summed E-state index contributed by atoms with van der Waals surface area (Å²) in [4.78, 5) is 14.4. The molecule has 1 amide bonds. The third kappa shape index (κ3) is 2.71. The first-order valence-corrected chi connectivity index (χ1v) is 6.85. The van der Waals surface area contributed by atoms with Gasteiger partial charge in [-0.3, -0.25) is 4.79 Å². The third-order valence-electron chi connectivity index (χ3n) is 3.67. The summed E-state index contributed by atoms with van der Waals surface area (Å²) in [5.74, 6) is 5.90. The molecule has 1 aliphatic rings. The van der Waals surface area contributed by atoms with Gasteiger partial charge in [0, 0.05) is 25.1 Å². The van der Waals surface area contributed by atoms with Gasteiger partial charge >= 0.3 is 0 Å². The highest BCUT2D eigenvalue weighted by atomic mass is 16.2. The highest BCUT2D eigenvalue weighted by molar-refractivity contribution is 5.94. The molecule has 3 rings (SSSR count). The smallest absolute Gasteiger partial charge is 0.254 e. The normalized spacial score (nSPS) is 13.7. The first kappa shape index (κ1) is 13.5. The highest BCUT2D eigenvalue weighted by Gasteiger charge is 2.23. The second kappa shape index (κ2) is 5.49. The van der Waals surface area contributed by atoms with Crippen LogP contribution in [0.5, 0.6) is 0 Å². The summed E-state index contributed by atoms with van der Waals surface area (Å²) >= 11 is 0. The Morgan fingerprint density at radius 2 is 2.05 bits per heavy atom. The monoisotopic (exact) mass is 283 g/mol. The summed E-state index contributed by atoms with van der Waals surface area (Å²) in [5.41, 5.74) is 6.26. The zero-order chi connectivity index (χ0) is 14.8. The molecule has 6 heteroatoms. The molecular weight excluding hydrogens is 266 g/mol. The summed E-state index contributed by atoms with van der Waals surface area (Å²) in [6.07, 6.45) is 0.713. The molecule has 0 radical (unpaired) electrons. The van der Waals surface area contributed by atoms with Gasteiger partial charge in [-0.25, -0.2) is 5.84 Å². The maximum Gasteiger partial charge on any atom is 0.254 e. The number of nitrogen functional groups attached to an aromatic ring is 1. The van der Waals surface area contributed by atoms with Crippen LogP contribution in [0.3, 0.4) is 0 Å². The molecule has 6 nitrogen and oxygen atoms in total. The van der Waals surface area contributed by atoms with Gasteiger partial charge in [0.25, 0.3) is 5.91 Å². The Morgan fingerprint density at radius 3 is 2.76 bits per heavy atom. The van der Waals surface area contributed by atoms with Crippen LogP contribution in [0.2, 0.25) is 0 Å². The summed E-state index contributed by atoms with van der Waals surface area (Å²) in [7, 11) is 0. The molecular formula is C15H17N5O. The predicted octanol–water partition coefficient (Wildman–Crippen LogP) is 1.27. The maximum absolute atomic E-state index is 12.5. The topological polar surface area (TPSA) is 84.1 Å². The number of nitrogens with zero attached hydrogens (tertiary/aromatic N) is 3. The number of fused-ring (bicyclic) bond motifs is 1. The van der Waals surface area contributed by atoms with E-state index in [0.717, 1.165) is 16.8 Å². The minimum atomic E-state index is 0.0414. The molecule has 108 valence electrons. The number of anilines is 1. The van der Waals surface area contributed by atoms with Crippen LogP contribution in [0.25, 0.3) is 0 Å². The lowest BCUT2D eigenvalue weighted by atomic mass is 10.0. The molecule has 0 fully saturated rings. The average molecular weight is 283 g/mol. The molecule has 0 saturated carbocycles. The van der Waals surface area contributed by atoms with Gasteiger partial charge in [0.2, 0.25) is 0 Å². The predicted molar refractivity (Wildman–Crippen MR) is 79.5 cm³/mol. The van der Waals surface area contributed by atoms with Crippen molar-refractivity contribution in [2.45, 2.75) is 19.9 Å². The Kier molecular flexibility index (Phi) is 3.53. The van der Waals surface area contributed by atoms with Crippen LogP contribution in [-0.4, -0.2) is 27.5 Å². The van der Waals surface area contributed by atoms with Crippen LogP contribution in [0, 0.1) is 6.92 Å². The van der Waals surface area contributed by atoms with Crippen molar-refractivity contribution in [2.75, 3.05) is 12.0 Å². The van der Waals surface area contributed by atoms with Crippen molar-refractivity contribution < 1.29 is 4.79 Å². The van der Waals surface area contributed by atoms with E-state index in [-0.39, 0.29) is 5.91 Å². The van der Waals surface area contributed by atoms with Gasteiger partial charge in [0.05, 0.1) is 5.69 Å². The van der Waals surface area contributed by atoms with Crippen molar-refractivity contribution in [2.24, 2.45) is 5.84 Å². The molecule has 21 heavy (non-hydrogen) atoms. The molecule has 3 N–H and O–H groups in total. The van der Waals surface area contributed by atoms with E-state index in [1.807, 2.05) is 42.2 Å². The summed E-state index contributed by atoms with van der Waals surface area (Å²) < 4.78 is 0. The quantitative estimate of drug-likeness (QED) is 0.640. The van der Waals surface area contributed by atoms with Crippen LogP contribution in [0.1, 0.15) is 27.2 Å². The van der Waals surface area contributed by atoms with Crippen molar-refractivity contribution in [3.05, 3.63) is 52.7 Å². The Hall–Kier alpha value is -2.47. The van der Waals surface area contributed by atoms with Gasteiger partial charge in [-0.1, -0.05) is 17.7 Å². The number of aromatic nitrogens is 2. The number of carbonyl (C=O) groups is 1. The van der Waals surface area contributed by atoms with Crippen molar-refractivity contribution in [3.8, 4) is 0 Å². The molecule has 1 aromatic heterocycles. The van der Waals surface area contributed by atoms with Gasteiger partial charge in [0.15, 0.2) is 5.82 Å². The molecule has 0 aliphatic carbocycles. The Labute approximate surface area is 122 Å². The summed E-state index contributed by atoms with van der Waals surface area (Å²) in [6, 6.07) is 9.48. The molecule has 0 unspecified atom stereocenters. The van der Waals surface area contributed by atoms with Crippen LogP contribution in [0.4, 0.5) is 5.82 Å².